The third-order valence-electron chi connectivity index (χ3n) is 5.93. The van der Waals surface area contributed by atoms with Crippen molar-refractivity contribution in [1.29, 1.82) is 0 Å². The number of fused-ring (bicyclic) bond motifs is 1. The molecule has 182 valence electrons. The van der Waals surface area contributed by atoms with Gasteiger partial charge in [0.25, 0.3) is 5.91 Å². The molecule has 0 saturated carbocycles. The van der Waals surface area contributed by atoms with Crippen molar-refractivity contribution in [2.24, 2.45) is 0 Å². The van der Waals surface area contributed by atoms with Crippen LogP contribution in [0.2, 0.25) is 0 Å². The van der Waals surface area contributed by atoms with Crippen molar-refractivity contribution in [3.8, 4) is 11.5 Å². The highest BCUT2D eigenvalue weighted by atomic mass is 16.5. The van der Waals surface area contributed by atoms with E-state index in [0.29, 0.717) is 29.8 Å². The fourth-order valence-electron chi connectivity index (χ4n) is 4.05. The number of aromatic nitrogens is 2. The molecule has 1 saturated heterocycles. The Morgan fingerprint density at radius 1 is 1.03 bits per heavy atom. The second-order valence-electron chi connectivity index (χ2n) is 8.22. The number of furan rings is 1. The largest absolute Gasteiger partial charge is 0.497 e. The molecule has 2 aromatic heterocycles. The van der Waals surface area contributed by atoms with Crippen LogP contribution in [-0.2, 0) is 17.9 Å². The quantitative estimate of drug-likeness (QED) is 0.393. The number of nitrogens with zero attached hydrogens (tertiary/aromatic N) is 3. The molecule has 9 heteroatoms. The summed E-state index contributed by atoms with van der Waals surface area (Å²) in [6.07, 6.45) is 0. The van der Waals surface area contributed by atoms with Crippen molar-refractivity contribution in [2.75, 3.05) is 45.3 Å². The fourth-order valence-corrected chi connectivity index (χ4v) is 4.05. The molecule has 0 unspecified atom stereocenters. The third-order valence-corrected chi connectivity index (χ3v) is 5.93. The molecule has 3 heterocycles. The van der Waals surface area contributed by atoms with Gasteiger partial charge in [-0.05, 0) is 36.4 Å². The molecule has 4 aromatic rings. The van der Waals surface area contributed by atoms with Crippen molar-refractivity contribution < 1.29 is 23.4 Å². The number of methoxy groups -OCH3 is 1. The Morgan fingerprint density at radius 2 is 1.86 bits per heavy atom. The molecule has 5 rings (SSSR count). The lowest BCUT2D eigenvalue weighted by atomic mass is 10.3. The number of morpholine rings is 1. The number of hydrogen-bond acceptors (Lipinski definition) is 7. The number of hydrogen-bond donors (Lipinski definition) is 1. The van der Waals surface area contributed by atoms with Crippen molar-refractivity contribution >= 4 is 22.9 Å². The first kappa shape index (κ1) is 22.9. The number of benzene rings is 2. The Labute approximate surface area is 203 Å². The normalized spacial score (nSPS) is 14.2. The van der Waals surface area contributed by atoms with Crippen LogP contribution < -0.4 is 14.8 Å². The van der Waals surface area contributed by atoms with Gasteiger partial charge >= 0.3 is 0 Å². The number of rotatable bonds is 9. The van der Waals surface area contributed by atoms with Crippen LogP contribution in [0.4, 0.5) is 5.95 Å². The lowest BCUT2D eigenvalue weighted by Crippen LogP contribution is -2.38. The number of nitrogens with one attached hydrogen (secondary N) is 1. The summed E-state index contributed by atoms with van der Waals surface area (Å²) >= 11 is 0. The van der Waals surface area contributed by atoms with E-state index in [9.17, 15) is 4.79 Å². The number of carbonyl (C=O) groups is 1. The maximum absolute atomic E-state index is 13.0. The summed E-state index contributed by atoms with van der Waals surface area (Å²) in [6, 6.07) is 18.6. The highest BCUT2D eigenvalue weighted by molar-refractivity contribution is 6.02. The Bertz CT molecular complexity index is 1290. The highest BCUT2D eigenvalue weighted by Crippen LogP contribution is 2.22. The van der Waals surface area contributed by atoms with Gasteiger partial charge in [-0.25, -0.2) is 4.98 Å². The first-order chi connectivity index (χ1) is 17.2. The van der Waals surface area contributed by atoms with Crippen LogP contribution in [-0.4, -0.2) is 60.3 Å². The summed E-state index contributed by atoms with van der Waals surface area (Å²) in [5.74, 6) is 2.23. The van der Waals surface area contributed by atoms with Crippen LogP contribution in [0.5, 0.6) is 11.5 Å². The van der Waals surface area contributed by atoms with Gasteiger partial charge in [-0.3, -0.25) is 15.0 Å². The zero-order valence-electron chi connectivity index (χ0n) is 19.6. The standard InChI is InChI=1S/C26H28N4O5/c1-32-19-5-4-6-20(17-19)34-18-21-9-10-24(35-21)25(31)28-26-27-22-7-2-3-8-23(22)30(26)12-11-29-13-15-33-16-14-29/h2-10,17H,11-16,18H2,1H3,(H,27,28,31). The van der Waals surface area contributed by atoms with Gasteiger partial charge in [-0.15, -0.1) is 0 Å². The van der Waals surface area contributed by atoms with E-state index in [2.05, 4.69) is 15.2 Å². The molecule has 0 aliphatic carbocycles. The van der Waals surface area contributed by atoms with Crippen LogP contribution in [0.1, 0.15) is 16.3 Å². The first-order valence-corrected chi connectivity index (χ1v) is 11.6. The predicted molar refractivity (Wildman–Crippen MR) is 131 cm³/mol. The Balaban J connectivity index is 1.26. The predicted octanol–water partition coefficient (Wildman–Crippen LogP) is 3.80. The fraction of sp³-hybridized carbons (Fsp3) is 0.308. The summed E-state index contributed by atoms with van der Waals surface area (Å²) in [7, 11) is 1.60. The minimum absolute atomic E-state index is 0.193. The molecular weight excluding hydrogens is 448 g/mol. The molecule has 1 fully saturated rings. The average Bonchev–Trinajstić information content (AvgIpc) is 3.51. The van der Waals surface area contributed by atoms with E-state index < -0.39 is 0 Å². The van der Waals surface area contributed by atoms with Gasteiger partial charge in [0.2, 0.25) is 5.95 Å². The zero-order valence-corrected chi connectivity index (χ0v) is 19.6. The van der Waals surface area contributed by atoms with E-state index in [1.54, 1.807) is 25.3 Å². The van der Waals surface area contributed by atoms with Crippen LogP contribution >= 0.6 is 0 Å². The van der Waals surface area contributed by atoms with Crippen LogP contribution in [0.15, 0.2) is 65.1 Å². The Morgan fingerprint density at radius 3 is 2.71 bits per heavy atom. The average molecular weight is 477 g/mol. The molecule has 9 nitrogen and oxygen atoms in total. The number of anilines is 1. The molecule has 0 atom stereocenters. The SMILES string of the molecule is COc1cccc(OCc2ccc(C(=O)Nc3nc4ccccc4n3CCN3CCOCC3)o2)c1. The van der Waals surface area contributed by atoms with Gasteiger partial charge in [-0.2, -0.15) is 0 Å². The van der Waals surface area contributed by atoms with Gasteiger partial charge < -0.3 is 23.2 Å². The number of imidazole rings is 1. The molecule has 0 radical (unpaired) electrons. The van der Waals surface area contributed by atoms with Gasteiger partial charge in [0.05, 0.1) is 31.4 Å². The van der Waals surface area contributed by atoms with Crippen molar-refractivity contribution in [2.45, 2.75) is 13.2 Å². The van der Waals surface area contributed by atoms with E-state index in [0.717, 1.165) is 43.9 Å². The van der Waals surface area contributed by atoms with Gasteiger partial charge in [-0.1, -0.05) is 18.2 Å². The van der Waals surface area contributed by atoms with E-state index in [4.69, 9.17) is 18.6 Å². The molecule has 1 N–H and O–H groups in total. The molecule has 35 heavy (non-hydrogen) atoms. The molecular formula is C26H28N4O5. The van der Waals surface area contributed by atoms with Crippen LogP contribution in [0.3, 0.4) is 0 Å². The molecule has 2 aromatic carbocycles. The maximum atomic E-state index is 13.0. The molecule has 0 bridgehead atoms. The van der Waals surface area contributed by atoms with E-state index in [1.165, 1.54) is 0 Å². The van der Waals surface area contributed by atoms with E-state index in [1.807, 2.05) is 47.0 Å². The van der Waals surface area contributed by atoms with Gasteiger partial charge in [0.1, 0.15) is 23.9 Å². The number of carbonyl (C=O) groups excluding carboxylic acids is 1. The molecule has 0 spiro atoms. The van der Waals surface area contributed by atoms with Crippen molar-refractivity contribution in [1.82, 2.24) is 14.5 Å². The topological polar surface area (TPSA) is 91.0 Å². The Kier molecular flexibility index (Phi) is 6.97. The monoisotopic (exact) mass is 476 g/mol. The summed E-state index contributed by atoms with van der Waals surface area (Å²) in [5.41, 5.74) is 1.81. The lowest BCUT2D eigenvalue weighted by molar-refractivity contribution is 0.0366. The maximum Gasteiger partial charge on any atom is 0.293 e. The number of amides is 1. The molecule has 1 amide bonds. The van der Waals surface area contributed by atoms with E-state index in [-0.39, 0.29) is 18.3 Å². The summed E-state index contributed by atoms with van der Waals surface area (Å²) in [5, 5.41) is 2.92. The second kappa shape index (κ2) is 10.6. The number of ether oxygens (including phenoxy) is 3. The second-order valence-corrected chi connectivity index (χ2v) is 8.22. The number of para-hydroxylation sites is 2. The van der Waals surface area contributed by atoms with Gasteiger partial charge in [0.15, 0.2) is 5.76 Å². The summed E-state index contributed by atoms with van der Waals surface area (Å²) < 4.78 is 24.2. The third kappa shape index (κ3) is 5.47. The van der Waals surface area contributed by atoms with Crippen LogP contribution in [0, 0.1) is 0 Å². The lowest BCUT2D eigenvalue weighted by Gasteiger charge is -2.26. The molecule has 1 aliphatic rings. The van der Waals surface area contributed by atoms with Crippen LogP contribution in [0.25, 0.3) is 11.0 Å². The summed E-state index contributed by atoms with van der Waals surface area (Å²) in [4.78, 5) is 20.0. The van der Waals surface area contributed by atoms with Crippen molar-refractivity contribution in [3.05, 3.63) is 72.2 Å². The minimum atomic E-state index is -0.361. The first-order valence-electron chi connectivity index (χ1n) is 11.6. The highest BCUT2D eigenvalue weighted by Gasteiger charge is 2.18. The van der Waals surface area contributed by atoms with Gasteiger partial charge in [0, 0.05) is 32.2 Å². The van der Waals surface area contributed by atoms with Crippen molar-refractivity contribution in [3.63, 3.8) is 0 Å². The Hall–Kier alpha value is -3.82. The van der Waals surface area contributed by atoms with E-state index >= 15 is 0 Å². The minimum Gasteiger partial charge on any atom is -0.497 e. The zero-order chi connectivity index (χ0) is 24.0. The smallest absolute Gasteiger partial charge is 0.293 e. The summed E-state index contributed by atoms with van der Waals surface area (Å²) in [6.45, 7) is 5.04. The molecule has 1 aliphatic heterocycles.